The van der Waals surface area contributed by atoms with Gasteiger partial charge in [0.1, 0.15) is 6.04 Å². The summed E-state index contributed by atoms with van der Waals surface area (Å²) in [7, 11) is 0. The van der Waals surface area contributed by atoms with Crippen LogP contribution in [0.25, 0.3) is 5.69 Å². The zero-order valence-electron chi connectivity index (χ0n) is 21.5. The normalized spacial score (nSPS) is 17.3. The molecule has 0 radical (unpaired) electrons. The quantitative estimate of drug-likeness (QED) is 0.233. The van der Waals surface area contributed by atoms with Gasteiger partial charge in [-0.15, -0.1) is 0 Å². The Labute approximate surface area is 239 Å². The number of thiocarbonyl (C=S) groups is 1. The molecule has 5 rings (SSSR count). The Balaban J connectivity index is 1.61. The van der Waals surface area contributed by atoms with E-state index in [0.29, 0.717) is 38.6 Å². The maximum Gasteiger partial charge on any atom is 0.416 e. The van der Waals surface area contributed by atoms with E-state index in [0.717, 1.165) is 12.1 Å². The molecule has 2 N–H and O–H groups in total. The number of hydrogen-bond donors (Lipinski definition) is 2. The number of amides is 1. The fourth-order valence-electron chi connectivity index (χ4n) is 4.67. The van der Waals surface area contributed by atoms with E-state index in [9.17, 15) is 18.0 Å². The molecule has 1 fully saturated rings. The second kappa shape index (κ2) is 10.9. The van der Waals surface area contributed by atoms with E-state index >= 15 is 0 Å². The summed E-state index contributed by atoms with van der Waals surface area (Å²) in [6.45, 7) is 3.57. The molecule has 3 heterocycles. The summed E-state index contributed by atoms with van der Waals surface area (Å²) in [5.41, 5.74) is 2.13. The van der Waals surface area contributed by atoms with Crippen LogP contribution in [-0.4, -0.2) is 20.6 Å². The fraction of sp³-hybridized carbons (Fsp3) is 0.207. The monoisotopic (exact) mass is 583 g/mol. The molecule has 4 aromatic rings. The average molecular weight is 584 g/mol. The van der Waals surface area contributed by atoms with Crippen molar-refractivity contribution in [1.29, 1.82) is 0 Å². The molecule has 0 unspecified atom stereocenters. The molecule has 1 aliphatic rings. The van der Waals surface area contributed by atoms with Crippen molar-refractivity contribution in [3.63, 3.8) is 0 Å². The summed E-state index contributed by atoms with van der Waals surface area (Å²) in [6.07, 6.45) is -1.09. The van der Waals surface area contributed by atoms with Gasteiger partial charge in [0.2, 0.25) is 5.91 Å². The minimum Gasteiger partial charge on any atom is -0.351 e. The van der Waals surface area contributed by atoms with Crippen LogP contribution in [0.4, 0.5) is 24.5 Å². The van der Waals surface area contributed by atoms with E-state index in [1.54, 1.807) is 67.2 Å². The fourth-order valence-corrected chi connectivity index (χ4v) is 5.24. The Morgan fingerprint density at radius 3 is 2.52 bits per heavy atom. The lowest BCUT2D eigenvalue weighted by Crippen LogP contribution is -2.30. The molecule has 2 atom stereocenters. The molecule has 1 saturated heterocycles. The number of nitrogens with zero attached hydrogens (tertiary/aromatic N) is 3. The molecule has 2 aromatic heterocycles. The Hall–Kier alpha value is -3.89. The Morgan fingerprint density at radius 1 is 1.05 bits per heavy atom. The summed E-state index contributed by atoms with van der Waals surface area (Å²) >= 11 is 12.4. The Bertz CT molecular complexity index is 1560. The van der Waals surface area contributed by atoms with Crippen LogP contribution < -0.4 is 15.5 Å². The molecule has 0 bridgehead atoms. The average Bonchev–Trinajstić information content (AvgIpc) is 3.54. The number of anilines is 2. The van der Waals surface area contributed by atoms with Gasteiger partial charge in [0.15, 0.2) is 5.11 Å². The molecule has 0 spiro atoms. The van der Waals surface area contributed by atoms with Gasteiger partial charge in [0.05, 0.1) is 28.0 Å². The molecule has 0 aliphatic carbocycles. The van der Waals surface area contributed by atoms with Crippen molar-refractivity contribution in [2.45, 2.75) is 32.1 Å². The van der Waals surface area contributed by atoms with E-state index in [4.69, 9.17) is 23.8 Å². The van der Waals surface area contributed by atoms with Crippen molar-refractivity contribution in [3.05, 3.63) is 107 Å². The number of nitrogens with one attached hydrogen (secondary N) is 2. The van der Waals surface area contributed by atoms with E-state index < -0.39 is 23.8 Å². The zero-order chi connectivity index (χ0) is 28.6. The number of pyridine rings is 1. The molecular weight excluding hydrogens is 559 g/mol. The molecular formula is C29H25ClF3N5OS. The first-order chi connectivity index (χ1) is 19.0. The lowest BCUT2D eigenvalue weighted by atomic mass is 10.0. The van der Waals surface area contributed by atoms with Crippen molar-refractivity contribution in [3.8, 4) is 5.69 Å². The summed E-state index contributed by atoms with van der Waals surface area (Å²) in [5.74, 6) is -0.390. The van der Waals surface area contributed by atoms with Gasteiger partial charge in [-0.1, -0.05) is 37.6 Å². The van der Waals surface area contributed by atoms with Crippen LogP contribution in [0.5, 0.6) is 0 Å². The van der Waals surface area contributed by atoms with Crippen LogP contribution in [0.3, 0.4) is 0 Å². The second-order valence-electron chi connectivity index (χ2n) is 9.66. The summed E-state index contributed by atoms with van der Waals surface area (Å²) in [4.78, 5) is 18.6. The smallest absolute Gasteiger partial charge is 0.351 e. The topological polar surface area (TPSA) is 62.2 Å². The molecule has 1 aliphatic heterocycles. The number of aromatic nitrogens is 2. The first-order valence-corrected chi connectivity index (χ1v) is 13.3. The van der Waals surface area contributed by atoms with Crippen LogP contribution in [-0.2, 0) is 11.0 Å². The zero-order valence-corrected chi connectivity index (χ0v) is 23.1. The minimum absolute atomic E-state index is 0.167. The maximum absolute atomic E-state index is 13.5. The standard InChI is InChI=1S/C29H25ClF3N5OS/c1-17(2)27(39)35-22-12-11-20(16-21(22)30)38-26(25(36-28(38)40)23-9-3-4-13-34-23)24-10-6-14-37(24)19-8-5-7-18(15-19)29(31,32)33/h3-17,25-26H,1-2H3,(H,35,39)(H,36,40)/t25-,26+/m1/s1. The van der Waals surface area contributed by atoms with Gasteiger partial charge in [-0.05, 0) is 72.9 Å². The van der Waals surface area contributed by atoms with Crippen LogP contribution in [0.1, 0.15) is 42.9 Å². The van der Waals surface area contributed by atoms with Gasteiger partial charge in [-0.25, -0.2) is 0 Å². The Morgan fingerprint density at radius 2 is 1.85 bits per heavy atom. The third-order valence-electron chi connectivity index (χ3n) is 6.65. The van der Waals surface area contributed by atoms with Crippen LogP contribution in [0.15, 0.2) is 85.2 Å². The van der Waals surface area contributed by atoms with E-state index in [-0.39, 0.29) is 11.8 Å². The van der Waals surface area contributed by atoms with E-state index in [1.807, 2.05) is 23.1 Å². The molecule has 0 saturated carbocycles. The predicted molar refractivity (Wildman–Crippen MR) is 154 cm³/mol. The number of benzene rings is 2. The summed E-state index contributed by atoms with van der Waals surface area (Å²) < 4.78 is 42.3. The van der Waals surface area contributed by atoms with Gasteiger partial charge in [0.25, 0.3) is 0 Å². The first kappa shape index (κ1) is 27.7. The number of halogens is 4. The number of hydrogen-bond acceptors (Lipinski definition) is 3. The van der Waals surface area contributed by atoms with Crippen LogP contribution >= 0.6 is 23.8 Å². The summed E-state index contributed by atoms with van der Waals surface area (Å²) in [6, 6.07) is 18.6. The molecule has 206 valence electrons. The number of alkyl halides is 3. The lowest BCUT2D eigenvalue weighted by Gasteiger charge is -2.29. The van der Waals surface area contributed by atoms with Crippen molar-refractivity contribution >= 4 is 46.2 Å². The highest BCUT2D eigenvalue weighted by Gasteiger charge is 2.42. The predicted octanol–water partition coefficient (Wildman–Crippen LogP) is 7.32. The van der Waals surface area contributed by atoms with Crippen molar-refractivity contribution in [1.82, 2.24) is 14.9 Å². The third-order valence-corrected chi connectivity index (χ3v) is 7.27. The first-order valence-electron chi connectivity index (χ1n) is 12.5. The highest BCUT2D eigenvalue weighted by atomic mass is 35.5. The van der Waals surface area contributed by atoms with E-state index in [1.165, 1.54) is 6.07 Å². The van der Waals surface area contributed by atoms with Gasteiger partial charge in [-0.3, -0.25) is 9.78 Å². The number of carbonyl (C=O) groups is 1. The summed E-state index contributed by atoms with van der Waals surface area (Å²) in [5, 5.41) is 6.88. The van der Waals surface area contributed by atoms with Gasteiger partial charge >= 0.3 is 6.18 Å². The third kappa shape index (κ3) is 5.41. The van der Waals surface area contributed by atoms with Gasteiger partial charge in [-0.2, -0.15) is 13.2 Å². The van der Waals surface area contributed by atoms with E-state index in [2.05, 4.69) is 15.6 Å². The highest BCUT2D eigenvalue weighted by Crippen LogP contribution is 2.43. The molecule has 1 amide bonds. The van der Waals surface area contributed by atoms with Crippen molar-refractivity contribution < 1.29 is 18.0 Å². The van der Waals surface area contributed by atoms with Crippen LogP contribution in [0.2, 0.25) is 5.02 Å². The SMILES string of the molecule is CC(C)C(=O)Nc1ccc(N2C(=S)N[C@H](c3ccccn3)[C@@H]2c2cccn2-c2cccc(C(F)(F)F)c2)cc1Cl. The van der Waals surface area contributed by atoms with Crippen molar-refractivity contribution in [2.24, 2.45) is 5.92 Å². The number of carbonyl (C=O) groups excluding carboxylic acids is 1. The van der Waals surface area contributed by atoms with Gasteiger partial charge < -0.3 is 20.1 Å². The molecule has 40 heavy (non-hydrogen) atoms. The molecule has 6 nitrogen and oxygen atoms in total. The minimum atomic E-state index is -4.48. The van der Waals surface area contributed by atoms with Crippen molar-refractivity contribution in [2.75, 3.05) is 10.2 Å². The Kier molecular flexibility index (Phi) is 7.57. The second-order valence-corrected chi connectivity index (χ2v) is 10.4. The molecule has 2 aromatic carbocycles. The largest absolute Gasteiger partial charge is 0.416 e. The highest BCUT2D eigenvalue weighted by molar-refractivity contribution is 7.80. The van der Waals surface area contributed by atoms with Crippen LogP contribution in [0, 0.1) is 5.92 Å². The lowest BCUT2D eigenvalue weighted by molar-refractivity contribution is -0.137. The number of rotatable bonds is 6. The maximum atomic E-state index is 13.5. The van der Waals surface area contributed by atoms with Gasteiger partial charge in [0, 0.05) is 35.4 Å². The molecule has 11 heteroatoms.